The van der Waals surface area contributed by atoms with Gasteiger partial charge in [-0.05, 0) is 45.8 Å². The summed E-state index contributed by atoms with van der Waals surface area (Å²) in [6.45, 7) is 2.16. The molecule has 0 aliphatic heterocycles. The molecular formula is C22H17BrF3N3O4S. The van der Waals surface area contributed by atoms with Crippen LogP contribution >= 0.6 is 15.9 Å². The summed E-state index contributed by atoms with van der Waals surface area (Å²) in [6.07, 6.45) is 2.03. The van der Waals surface area contributed by atoms with Crippen molar-refractivity contribution in [3.8, 4) is 11.3 Å². The number of hydrogen-bond donors (Lipinski definition) is 1. The van der Waals surface area contributed by atoms with Crippen LogP contribution in [0.15, 0.2) is 68.4 Å². The summed E-state index contributed by atoms with van der Waals surface area (Å²) >= 11 is 3.43. The maximum Gasteiger partial charge on any atom is 0.516 e. The van der Waals surface area contributed by atoms with Gasteiger partial charge < -0.3 is 4.42 Å². The number of aryl methyl sites for hydroxylation is 1. The highest BCUT2D eigenvalue weighted by atomic mass is 79.9. The highest BCUT2D eigenvalue weighted by molar-refractivity contribution is 9.10. The van der Waals surface area contributed by atoms with Gasteiger partial charge in [0.05, 0.1) is 16.7 Å². The molecule has 0 unspecified atom stereocenters. The highest BCUT2D eigenvalue weighted by Crippen LogP contribution is 2.41. The van der Waals surface area contributed by atoms with Gasteiger partial charge in [0.2, 0.25) is 0 Å². The second-order valence-corrected chi connectivity index (χ2v) is 9.78. The Labute approximate surface area is 200 Å². The molecule has 0 saturated heterocycles. The molecule has 2 aromatic carbocycles. The molecule has 34 heavy (non-hydrogen) atoms. The van der Waals surface area contributed by atoms with E-state index in [-0.39, 0.29) is 29.1 Å². The van der Waals surface area contributed by atoms with E-state index in [1.165, 1.54) is 30.5 Å². The van der Waals surface area contributed by atoms with E-state index in [0.717, 1.165) is 5.56 Å². The lowest BCUT2D eigenvalue weighted by Gasteiger charge is -2.13. The minimum absolute atomic E-state index is 0.122. The average Bonchev–Trinajstić information content (AvgIpc) is 3.10. The molecule has 0 aliphatic carbocycles. The molecule has 0 fully saturated rings. The number of halogens is 4. The number of anilines is 1. The third-order valence-corrected chi connectivity index (χ3v) is 6.97. The van der Waals surface area contributed by atoms with Crippen molar-refractivity contribution in [1.82, 2.24) is 9.55 Å². The summed E-state index contributed by atoms with van der Waals surface area (Å²) in [5.41, 5.74) is -4.62. The molecule has 2 heterocycles. The highest BCUT2D eigenvalue weighted by Gasteiger charge is 2.46. The summed E-state index contributed by atoms with van der Waals surface area (Å²) in [5.74, 6) is 0.783. The number of furan rings is 1. The van der Waals surface area contributed by atoms with Gasteiger partial charge in [0.25, 0.3) is 5.56 Å². The predicted octanol–water partition coefficient (Wildman–Crippen LogP) is 5.29. The molecule has 0 saturated carbocycles. The van der Waals surface area contributed by atoms with Crippen LogP contribution in [-0.4, -0.2) is 23.5 Å². The fourth-order valence-electron chi connectivity index (χ4n) is 3.47. The van der Waals surface area contributed by atoms with E-state index < -0.39 is 15.5 Å². The third kappa shape index (κ3) is 4.47. The van der Waals surface area contributed by atoms with E-state index in [9.17, 15) is 26.4 Å². The molecule has 2 aromatic heterocycles. The Morgan fingerprint density at radius 1 is 1.15 bits per heavy atom. The Bertz CT molecular complexity index is 1550. The normalized spacial score (nSPS) is 12.3. The smallest absolute Gasteiger partial charge is 0.455 e. The van der Waals surface area contributed by atoms with E-state index in [1.54, 1.807) is 33.6 Å². The summed E-state index contributed by atoms with van der Waals surface area (Å²) in [6, 6.07) is 12.2. The molecule has 0 radical (unpaired) electrons. The first-order chi connectivity index (χ1) is 16.0. The lowest BCUT2D eigenvalue weighted by molar-refractivity contribution is -0.0429. The number of aromatic nitrogens is 2. The van der Waals surface area contributed by atoms with Crippen LogP contribution in [0.4, 0.5) is 18.9 Å². The molecule has 178 valence electrons. The van der Waals surface area contributed by atoms with Crippen molar-refractivity contribution < 1.29 is 26.0 Å². The van der Waals surface area contributed by atoms with Crippen molar-refractivity contribution in [2.24, 2.45) is 0 Å². The number of rotatable bonds is 6. The van der Waals surface area contributed by atoms with E-state index in [2.05, 4.69) is 20.9 Å². The molecule has 4 rings (SSSR count). The van der Waals surface area contributed by atoms with Gasteiger partial charge in [0.15, 0.2) is 5.76 Å². The second kappa shape index (κ2) is 8.91. The number of hydrogen-bond acceptors (Lipinski definition) is 5. The number of fused-ring (bicyclic) bond motifs is 1. The first-order valence-electron chi connectivity index (χ1n) is 9.96. The number of nitrogens with zero attached hydrogens (tertiary/aromatic N) is 2. The zero-order valence-corrected chi connectivity index (χ0v) is 20.0. The van der Waals surface area contributed by atoms with Crippen molar-refractivity contribution in [2.45, 2.75) is 25.4 Å². The minimum Gasteiger partial charge on any atom is -0.455 e. The van der Waals surface area contributed by atoms with E-state index in [4.69, 9.17) is 4.42 Å². The monoisotopic (exact) mass is 555 g/mol. The SMILES string of the molecule is CCc1nccc(=O)n1Cc1ccc2oc(-c3ccccc3NS(=O)(=O)C(F)(F)F)c(Br)c2c1. The minimum atomic E-state index is -5.62. The van der Waals surface area contributed by atoms with Crippen LogP contribution in [0, 0.1) is 0 Å². The predicted molar refractivity (Wildman–Crippen MR) is 125 cm³/mol. The average molecular weight is 556 g/mol. The molecule has 0 spiro atoms. The zero-order valence-electron chi connectivity index (χ0n) is 17.6. The lowest BCUT2D eigenvalue weighted by Crippen LogP contribution is -2.30. The van der Waals surface area contributed by atoms with Crippen LogP contribution in [0.3, 0.4) is 0 Å². The molecule has 1 N–H and O–H groups in total. The maximum atomic E-state index is 12.9. The number of alkyl halides is 3. The van der Waals surface area contributed by atoms with Gasteiger partial charge in [-0.2, -0.15) is 21.6 Å². The fraction of sp³-hybridized carbons (Fsp3) is 0.182. The first kappa shape index (κ1) is 24.0. The second-order valence-electron chi connectivity index (χ2n) is 7.31. The number of para-hydroxylation sites is 1. The fourth-order valence-corrected chi connectivity index (χ4v) is 4.65. The Morgan fingerprint density at radius 3 is 2.59 bits per heavy atom. The molecule has 4 aromatic rings. The quantitative estimate of drug-likeness (QED) is 0.349. The molecule has 7 nitrogen and oxygen atoms in total. The van der Waals surface area contributed by atoms with Crippen LogP contribution < -0.4 is 10.3 Å². The summed E-state index contributed by atoms with van der Waals surface area (Å²) in [4.78, 5) is 16.5. The largest absolute Gasteiger partial charge is 0.516 e. The summed E-state index contributed by atoms with van der Waals surface area (Å²) in [5, 5.41) is 0.607. The molecule has 0 atom stereocenters. The first-order valence-corrected chi connectivity index (χ1v) is 12.2. The Balaban J connectivity index is 1.77. The van der Waals surface area contributed by atoms with Gasteiger partial charge in [-0.15, -0.1) is 0 Å². The van der Waals surface area contributed by atoms with Gasteiger partial charge >= 0.3 is 15.5 Å². The van der Waals surface area contributed by atoms with Crippen molar-refractivity contribution in [3.05, 3.63) is 80.9 Å². The molecule has 12 heteroatoms. The van der Waals surface area contributed by atoms with Crippen molar-refractivity contribution in [3.63, 3.8) is 0 Å². The van der Waals surface area contributed by atoms with Gasteiger partial charge in [-0.25, -0.2) is 4.98 Å². The Kier molecular flexibility index (Phi) is 6.30. The molecule has 0 aliphatic rings. The van der Waals surface area contributed by atoms with Crippen molar-refractivity contribution >= 4 is 42.6 Å². The standard InChI is InChI=1S/C22H17BrF3N3O4S/c1-2-18-27-10-9-19(30)29(18)12-13-7-8-17-15(11-13)20(23)21(33-17)14-5-3-4-6-16(14)28-34(31,32)22(24,25)26/h3-11,28H,2,12H2,1H3. The van der Waals surface area contributed by atoms with Gasteiger partial charge in [-0.3, -0.25) is 14.1 Å². The molecule has 0 amide bonds. The number of sulfonamides is 1. The van der Waals surface area contributed by atoms with Crippen molar-refractivity contribution in [2.75, 3.05) is 4.72 Å². The van der Waals surface area contributed by atoms with Crippen LogP contribution in [0.5, 0.6) is 0 Å². The Hall–Kier alpha value is -3.12. The van der Waals surface area contributed by atoms with Crippen LogP contribution in [0.1, 0.15) is 18.3 Å². The summed E-state index contributed by atoms with van der Waals surface area (Å²) < 4.78 is 71.4. The van der Waals surface area contributed by atoms with Crippen LogP contribution in [0.2, 0.25) is 0 Å². The lowest BCUT2D eigenvalue weighted by atomic mass is 10.1. The van der Waals surface area contributed by atoms with Crippen molar-refractivity contribution in [1.29, 1.82) is 0 Å². The third-order valence-electron chi connectivity index (χ3n) is 5.09. The number of benzene rings is 2. The van der Waals surface area contributed by atoms with E-state index >= 15 is 0 Å². The van der Waals surface area contributed by atoms with Gasteiger partial charge in [-0.1, -0.05) is 25.1 Å². The zero-order chi connectivity index (χ0) is 24.7. The van der Waals surface area contributed by atoms with Gasteiger partial charge in [0, 0.05) is 29.6 Å². The van der Waals surface area contributed by atoms with E-state index in [0.29, 0.717) is 27.7 Å². The Morgan fingerprint density at radius 2 is 1.88 bits per heavy atom. The van der Waals surface area contributed by atoms with Gasteiger partial charge in [0.1, 0.15) is 11.4 Å². The molecule has 0 bridgehead atoms. The van der Waals surface area contributed by atoms with Crippen LogP contribution in [-0.2, 0) is 23.0 Å². The van der Waals surface area contributed by atoms with E-state index in [1.807, 2.05) is 6.92 Å². The topological polar surface area (TPSA) is 94.2 Å². The summed E-state index contributed by atoms with van der Waals surface area (Å²) in [7, 11) is -5.62. The number of nitrogens with one attached hydrogen (secondary N) is 1. The maximum absolute atomic E-state index is 12.9. The molecular weight excluding hydrogens is 539 g/mol. The van der Waals surface area contributed by atoms with Crippen LogP contribution in [0.25, 0.3) is 22.3 Å².